The maximum absolute atomic E-state index is 12.8. The van der Waals surface area contributed by atoms with Gasteiger partial charge >= 0.3 is 17.9 Å². The molecule has 1 unspecified atom stereocenters. The second-order valence-corrected chi connectivity index (χ2v) is 18.9. The first-order valence-electron chi connectivity index (χ1n) is 28.2. The fraction of sp³-hybridized carbons (Fsp3) is 0.814. The molecule has 0 bridgehead atoms. The molecule has 0 aromatic rings. The topological polar surface area (TPSA) is 78.9 Å². The van der Waals surface area contributed by atoms with E-state index in [1.165, 1.54) is 186 Å². The quantitative estimate of drug-likeness (QED) is 0.0199. The third-order valence-electron chi connectivity index (χ3n) is 12.3. The first-order valence-corrected chi connectivity index (χ1v) is 28.2. The van der Waals surface area contributed by atoms with E-state index in [9.17, 15) is 14.4 Å². The minimum Gasteiger partial charge on any atom is -0.462 e. The van der Waals surface area contributed by atoms with Crippen LogP contribution in [0.1, 0.15) is 290 Å². The molecule has 0 aromatic carbocycles. The maximum Gasteiger partial charge on any atom is 0.306 e. The molecular formula is C59H106O6. The van der Waals surface area contributed by atoms with Gasteiger partial charge in [-0.15, -0.1) is 0 Å². The first kappa shape index (κ1) is 62.4. The summed E-state index contributed by atoms with van der Waals surface area (Å²) in [6.07, 6.45) is 65.2. The van der Waals surface area contributed by atoms with Crippen LogP contribution in [0.15, 0.2) is 48.6 Å². The van der Waals surface area contributed by atoms with Gasteiger partial charge in [0.05, 0.1) is 0 Å². The van der Waals surface area contributed by atoms with E-state index < -0.39 is 6.10 Å². The Hall–Kier alpha value is -2.63. The molecule has 0 saturated carbocycles. The molecule has 0 spiro atoms. The molecule has 0 aromatic heterocycles. The molecule has 0 rings (SSSR count). The Morgan fingerprint density at radius 3 is 0.938 bits per heavy atom. The Balaban J connectivity index is 4.33. The van der Waals surface area contributed by atoms with Gasteiger partial charge in [-0.05, 0) is 89.9 Å². The number of ether oxygens (including phenoxy) is 3. The van der Waals surface area contributed by atoms with Gasteiger partial charge in [-0.3, -0.25) is 14.4 Å². The van der Waals surface area contributed by atoms with Gasteiger partial charge in [0.1, 0.15) is 13.2 Å². The van der Waals surface area contributed by atoms with Crippen LogP contribution < -0.4 is 0 Å². The van der Waals surface area contributed by atoms with E-state index in [2.05, 4.69) is 69.4 Å². The summed E-state index contributed by atoms with van der Waals surface area (Å²) in [7, 11) is 0. The number of hydrogen-bond acceptors (Lipinski definition) is 6. The van der Waals surface area contributed by atoms with Crippen molar-refractivity contribution in [1.82, 2.24) is 0 Å². The molecule has 6 nitrogen and oxygen atoms in total. The van der Waals surface area contributed by atoms with Crippen LogP contribution >= 0.6 is 0 Å². The van der Waals surface area contributed by atoms with Crippen LogP contribution in [0, 0.1) is 0 Å². The van der Waals surface area contributed by atoms with E-state index in [-0.39, 0.29) is 31.1 Å². The molecule has 0 heterocycles. The number of allylic oxidation sites excluding steroid dienone is 8. The zero-order valence-electron chi connectivity index (χ0n) is 43.3. The van der Waals surface area contributed by atoms with Crippen molar-refractivity contribution in [2.24, 2.45) is 0 Å². The average Bonchev–Trinajstić information content (AvgIpc) is 3.30. The normalized spacial score (nSPS) is 12.4. The van der Waals surface area contributed by atoms with Crippen molar-refractivity contribution in [2.75, 3.05) is 13.2 Å². The minimum absolute atomic E-state index is 0.0779. The highest BCUT2D eigenvalue weighted by atomic mass is 16.6. The lowest BCUT2D eigenvalue weighted by Gasteiger charge is -2.18. The van der Waals surface area contributed by atoms with Gasteiger partial charge < -0.3 is 14.2 Å². The third-order valence-corrected chi connectivity index (χ3v) is 12.3. The lowest BCUT2D eigenvalue weighted by Crippen LogP contribution is -2.30. The molecule has 0 fully saturated rings. The zero-order chi connectivity index (χ0) is 47.2. The summed E-state index contributed by atoms with van der Waals surface area (Å²) in [6.45, 7) is 6.58. The monoisotopic (exact) mass is 911 g/mol. The Bertz CT molecular complexity index is 1140. The highest BCUT2D eigenvalue weighted by molar-refractivity contribution is 5.71. The van der Waals surface area contributed by atoms with Crippen LogP contribution in [0.4, 0.5) is 0 Å². The summed E-state index contributed by atoms with van der Waals surface area (Å²) in [5.74, 6) is -0.885. The summed E-state index contributed by atoms with van der Waals surface area (Å²) in [5.41, 5.74) is 0. The number of rotatable bonds is 51. The van der Waals surface area contributed by atoms with Gasteiger partial charge in [-0.1, -0.05) is 230 Å². The van der Waals surface area contributed by atoms with Gasteiger partial charge in [0.15, 0.2) is 6.10 Å². The third kappa shape index (κ3) is 52.2. The second-order valence-electron chi connectivity index (χ2n) is 18.9. The van der Waals surface area contributed by atoms with Crippen molar-refractivity contribution in [1.29, 1.82) is 0 Å². The van der Waals surface area contributed by atoms with Crippen LogP contribution in [-0.4, -0.2) is 37.2 Å². The molecule has 65 heavy (non-hydrogen) atoms. The number of hydrogen-bond donors (Lipinski definition) is 0. The molecule has 0 saturated heterocycles. The van der Waals surface area contributed by atoms with Gasteiger partial charge in [-0.2, -0.15) is 0 Å². The van der Waals surface area contributed by atoms with Crippen molar-refractivity contribution in [3.05, 3.63) is 48.6 Å². The standard InChI is InChI=1S/C59H106O6/c1-4-7-10-13-16-19-22-24-26-28-29-31-32-34-37-40-43-46-49-52-58(61)64-55-56(54-63-57(60)51-48-45-42-39-36-21-18-15-12-9-6-3)65-59(62)53-50-47-44-41-38-35-33-30-27-25-23-20-17-14-11-8-5-2/h15-16,18-19,22,24-25,27,56H,4-14,17,20-21,23,26,28-55H2,1-3H3/b18-15-,19-16-,24-22-,27-25-. The number of carbonyl (C=O) groups is 3. The van der Waals surface area contributed by atoms with E-state index >= 15 is 0 Å². The van der Waals surface area contributed by atoms with Crippen LogP contribution in [0.2, 0.25) is 0 Å². The number of esters is 3. The predicted molar refractivity (Wildman–Crippen MR) is 279 cm³/mol. The number of carbonyl (C=O) groups excluding carboxylic acids is 3. The highest BCUT2D eigenvalue weighted by Crippen LogP contribution is 2.15. The fourth-order valence-corrected chi connectivity index (χ4v) is 8.00. The Morgan fingerprint density at radius 1 is 0.308 bits per heavy atom. The molecule has 378 valence electrons. The minimum atomic E-state index is -0.778. The van der Waals surface area contributed by atoms with Crippen molar-refractivity contribution in [2.45, 2.75) is 297 Å². The lowest BCUT2D eigenvalue weighted by atomic mass is 10.1. The second kappa shape index (κ2) is 54.0. The van der Waals surface area contributed by atoms with E-state index in [0.29, 0.717) is 19.3 Å². The molecule has 0 N–H and O–H groups in total. The Labute approximate surface area is 403 Å². The summed E-state index contributed by atoms with van der Waals surface area (Å²) >= 11 is 0. The smallest absolute Gasteiger partial charge is 0.306 e. The van der Waals surface area contributed by atoms with Crippen molar-refractivity contribution < 1.29 is 28.6 Å². The van der Waals surface area contributed by atoms with Crippen LogP contribution in [0.5, 0.6) is 0 Å². The fourth-order valence-electron chi connectivity index (χ4n) is 8.00. The molecule has 1 atom stereocenters. The highest BCUT2D eigenvalue weighted by Gasteiger charge is 2.19. The van der Waals surface area contributed by atoms with Crippen LogP contribution in [0.25, 0.3) is 0 Å². The summed E-state index contributed by atoms with van der Waals surface area (Å²) in [6, 6.07) is 0. The first-order chi connectivity index (χ1) is 32.0. The molecule has 0 amide bonds. The molecule has 0 aliphatic heterocycles. The summed E-state index contributed by atoms with van der Waals surface area (Å²) in [4.78, 5) is 38.1. The molecule has 0 aliphatic rings. The van der Waals surface area contributed by atoms with Gasteiger partial charge in [0, 0.05) is 19.3 Å². The van der Waals surface area contributed by atoms with Gasteiger partial charge in [-0.25, -0.2) is 0 Å². The lowest BCUT2D eigenvalue weighted by molar-refractivity contribution is -0.167. The Kier molecular flexibility index (Phi) is 51.8. The summed E-state index contributed by atoms with van der Waals surface area (Å²) in [5, 5.41) is 0. The average molecular weight is 911 g/mol. The summed E-state index contributed by atoms with van der Waals surface area (Å²) < 4.78 is 16.8. The van der Waals surface area contributed by atoms with E-state index in [0.717, 1.165) is 64.2 Å². The van der Waals surface area contributed by atoms with Crippen LogP contribution in [-0.2, 0) is 28.6 Å². The van der Waals surface area contributed by atoms with Gasteiger partial charge in [0.2, 0.25) is 0 Å². The van der Waals surface area contributed by atoms with Crippen molar-refractivity contribution >= 4 is 17.9 Å². The predicted octanol–water partition coefficient (Wildman–Crippen LogP) is 18.7. The van der Waals surface area contributed by atoms with Crippen LogP contribution in [0.3, 0.4) is 0 Å². The molecule has 6 heteroatoms. The molecular weight excluding hydrogens is 805 g/mol. The SMILES string of the molecule is CCCC/C=C\CCCCCCCC(=O)OCC(COC(=O)CCCCCCCCCCCC/C=C\C=C/CCCCC)OC(=O)CCCCCCCCC/C=C\CCCCCCCC. The Morgan fingerprint density at radius 2 is 0.569 bits per heavy atom. The maximum atomic E-state index is 12.8. The van der Waals surface area contributed by atoms with Gasteiger partial charge in [0.25, 0.3) is 0 Å². The molecule has 0 aliphatic carbocycles. The van der Waals surface area contributed by atoms with E-state index in [4.69, 9.17) is 14.2 Å². The zero-order valence-corrected chi connectivity index (χ0v) is 43.3. The van der Waals surface area contributed by atoms with Crippen molar-refractivity contribution in [3.63, 3.8) is 0 Å². The van der Waals surface area contributed by atoms with Crippen molar-refractivity contribution in [3.8, 4) is 0 Å². The largest absolute Gasteiger partial charge is 0.462 e. The van der Waals surface area contributed by atoms with E-state index in [1.807, 2.05) is 0 Å². The molecule has 0 radical (unpaired) electrons. The van der Waals surface area contributed by atoms with E-state index in [1.54, 1.807) is 0 Å². The number of unbranched alkanes of at least 4 members (excludes halogenated alkanes) is 33.